The van der Waals surface area contributed by atoms with Crippen molar-refractivity contribution < 1.29 is 9.47 Å². The standard InChI is InChI=1S/C13H15ClN4O2/c1-13(2,7-15)10-9-11(17-12(14)16-10)18-3-4-19-5-8(18)6-20-9/h8H,3-6H2,1-2H3. The largest absolute Gasteiger partial charge is 0.486 e. The van der Waals surface area contributed by atoms with Crippen LogP contribution in [0.2, 0.25) is 5.28 Å². The third kappa shape index (κ3) is 2.07. The van der Waals surface area contributed by atoms with E-state index < -0.39 is 5.41 Å². The van der Waals surface area contributed by atoms with E-state index in [2.05, 4.69) is 20.9 Å². The number of aromatic nitrogens is 2. The summed E-state index contributed by atoms with van der Waals surface area (Å²) in [5, 5.41) is 9.47. The van der Waals surface area contributed by atoms with E-state index in [0.717, 1.165) is 6.54 Å². The average Bonchev–Trinajstić information content (AvgIpc) is 2.46. The summed E-state index contributed by atoms with van der Waals surface area (Å²) in [6, 6.07) is 2.37. The lowest BCUT2D eigenvalue weighted by molar-refractivity contribution is 0.0690. The lowest BCUT2D eigenvalue weighted by Crippen LogP contribution is -2.52. The summed E-state index contributed by atoms with van der Waals surface area (Å²) in [5.74, 6) is 1.24. The van der Waals surface area contributed by atoms with Gasteiger partial charge in [0, 0.05) is 6.54 Å². The van der Waals surface area contributed by atoms with Crippen molar-refractivity contribution in [3.05, 3.63) is 11.0 Å². The number of hydrogen-bond donors (Lipinski definition) is 0. The van der Waals surface area contributed by atoms with E-state index >= 15 is 0 Å². The molecule has 0 bridgehead atoms. The molecule has 6 nitrogen and oxygen atoms in total. The number of fused-ring (bicyclic) bond motifs is 3. The topological polar surface area (TPSA) is 71.3 Å². The third-order valence-electron chi connectivity index (χ3n) is 3.61. The number of anilines is 1. The molecule has 7 heteroatoms. The molecule has 1 atom stereocenters. The predicted octanol–water partition coefficient (Wildman–Crippen LogP) is 1.53. The molecule has 106 valence electrons. The van der Waals surface area contributed by atoms with Crippen LogP contribution < -0.4 is 9.64 Å². The first kappa shape index (κ1) is 13.4. The molecule has 2 aliphatic heterocycles. The Hall–Kier alpha value is -1.58. The Labute approximate surface area is 122 Å². The van der Waals surface area contributed by atoms with Gasteiger partial charge in [-0.25, -0.2) is 4.98 Å². The summed E-state index contributed by atoms with van der Waals surface area (Å²) in [5.41, 5.74) is -0.240. The first-order valence-corrected chi connectivity index (χ1v) is 6.87. The third-order valence-corrected chi connectivity index (χ3v) is 3.78. The van der Waals surface area contributed by atoms with E-state index in [9.17, 15) is 5.26 Å². The van der Waals surface area contributed by atoms with Gasteiger partial charge in [-0.2, -0.15) is 10.2 Å². The Morgan fingerprint density at radius 3 is 2.95 bits per heavy atom. The van der Waals surface area contributed by atoms with Crippen LogP contribution in [0, 0.1) is 11.3 Å². The summed E-state index contributed by atoms with van der Waals surface area (Å²) in [6.45, 7) is 6.08. The van der Waals surface area contributed by atoms with Gasteiger partial charge in [-0.05, 0) is 25.4 Å². The number of ether oxygens (including phenoxy) is 2. The molecule has 1 saturated heterocycles. The Morgan fingerprint density at radius 1 is 1.40 bits per heavy atom. The highest BCUT2D eigenvalue weighted by Crippen LogP contribution is 2.40. The fraction of sp³-hybridized carbons (Fsp3) is 0.615. The molecule has 1 aromatic heterocycles. The van der Waals surface area contributed by atoms with Crippen LogP contribution in [0.5, 0.6) is 5.75 Å². The van der Waals surface area contributed by atoms with Gasteiger partial charge in [0.2, 0.25) is 5.28 Å². The van der Waals surface area contributed by atoms with E-state index in [1.165, 1.54) is 0 Å². The maximum Gasteiger partial charge on any atom is 0.224 e. The minimum atomic E-state index is -0.782. The van der Waals surface area contributed by atoms with Gasteiger partial charge in [-0.15, -0.1) is 0 Å². The Kier molecular flexibility index (Phi) is 3.19. The second-order valence-electron chi connectivity index (χ2n) is 5.46. The molecule has 20 heavy (non-hydrogen) atoms. The van der Waals surface area contributed by atoms with Crippen molar-refractivity contribution in [3.63, 3.8) is 0 Å². The molecule has 0 aliphatic carbocycles. The molecule has 3 heterocycles. The molecule has 0 saturated carbocycles. The van der Waals surface area contributed by atoms with Crippen LogP contribution >= 0.6 is 11.6 Å². The molecule has 3 rings (SSSR count). The van der Waals surface area contributed by atoms with Crippen LogP contribution in [0.15, 0.2) is 0 Å². The zero-order valence-electron chi connectivity index (χ0n) is 11.4. The Balaban J connectivity index is 2.13. The average molecular weight is 295 g/mol. The molecule has 1 fully saturated rings. The summed E-state index contributed by atoms with van der Waals surface area (Å²) < 4.78 is 11.3. The van der Waals surface area contributed by atoms with E-state index in [0.29, 0.717) is 37.1 Å². The van der Waals surface area contributed by atoms with E-state index in [-0.39, 0.29) is 11.3 Å². The number of nitrogens with zero attached hydrogens (tertiary/aromatic N) is 4. The van der Waals surface area contributed by atoms with Gasteiger partial charge in [-0.3, -0.25) is 0 Å². The normalized spacial score (nSPS) is 21.5. The zero-order valence-corrected chi connectivity index (χ0v) is 12.1. The van der Waals surface area contributed by atoms with Crippen LogP contribution in [-0.4, -0.2) is 42.4 Å². The van der Waals surface area contributed by atoms with Crippen LogP contribution in [0.4, 0.5) is 5.82 Å². The lowest BCUT2D eigenvalue weighted by atomic mass is 9.90. The molecule has 0 N–H and O–H groups in total. The predicted molar refractivity (Wildman–Crippen MR) is 73.1 cm³/mol. The minimum Gasteiger partial charge on any atom is -0.486 e. The minimum absolute atomic E-state index is 0.137. The van der Waals surface area contributed by atoms with Crippen molar-refractivity contribution >= 4 is 17.4 Å². The molecule has 2 aliphatic rings. The number of hydrogen-bond acceptors (Lipinski definition) is 6. The van der Waals surface area contributed by atoms with Gasteiger partial charge in [0.15, 0.2) is 11.6 Å². The molecule has 0 radical (unpaired) electrons. The maximum absolute atomic E-state index is 9.33. The van der Waals surface area contributed by atoms with E-state index in [1.807, 2.05) is 0 Å². The maximum atomic E-state index is 9.33. The molecular formula is C13H15ClN4O2. The summed E-state index contributed by atoms with van der Waals surface area (Å²) in [7, 11) is 0. The van der Waals surface area contributed by atoms with Crippen molar-refractivity contribution in [2.45, 2.75) is 25.3 Å². The first-order chi connectivity index (χ1) is 9.53. The number of nitriles is 1. The van der Waals surface area contributed by atoms with Gasteiger partial charge in [0.25, 0.3) is 0 Å². The van der Waals surface area contributed by atoms with E-state index in [1.54, 1.807) is 13.8 Å². The lowest BCUT2D eigenvalue weighted by Gasteiger charge is -2.41. The molecule has 0 amide bonds. The van der Waals surface area contributed by atoms with Gasteiger partial charge in [-0.1, -0.05) is 0 Å². The fourth-order valence-corrected chi connectivity index (χ4v) is 2.63. The highest BCUT2D eigenvalue weighted by Gasteiger charge is 2.37. The monoisotopic (exact) mass is 294 g/mol. The van der Waals surface area contributed by atoms with Crippen molar-refractivity contribution in [1.82, 2.24) is 9.97 Å². The molecule has 1 unspecified atom stereocenters. The summed E-state index contributed by atoms with van der Waals surface area (Å²) in [4.78, 5) is 10.6. The van der Waals surface area contributed by atoms with Crippen molar-refractivity contribution in [2.24, 2.45) is 0 Å². The smallest absolute Gasteiger partial charge is 0.224 e. The fourth-order valence-electron chi connectivity index (χ4n) is 2.47. The number of rotatable bonds is 1. The van der Waals surface area contributed by atoms with Crippen LogP contribution in [0.3, 0.4) is 0 Å². The van der Waals surface area contributed by atoms with Gasteiger partial charge < -0.3 is 14.4 Å². The number of halogens is 1. The van der Waals surface area contributed by atoms with Crippen molar-refractivity contribution in [1.29, 1.82) is 5.26 Å². The zero-order chi connectivity index (χ0) is 14.3. The highest BCUT2D eigenvalue weighted by molar-refractivity contribution is 6.28. The quantitative estimate of drug-likeness (QED) is 0.732. The Morgan fingerprint density at radius 2 is 2.20 bits per heavy atom. The molecular weight excluding hydrogens is 280 g/mol. The second-order valence-corrected chi connectivity index (χ2v) is 5.80. The molecule has 1 aromatic rings. The summed E-state index contributed by atoms with van der Waals surface area (Å²) >= 11 is 6.03. The molecule has 0 spiro atoms. The SMILES string of the molecule is CC(C)(C#N)c1nc(Cl)nc2c1OCC1COCCN21. The molecule has 0 aromatic carbocycles. The van der Waals surface area contributed by atoms with Crippen LogP contribution in [0.25, 0.3) is 0 Å². The highest BCUT2D eigenvalue weighted by atomic mass is 35.5. The van der Waals surface area contributed by atoms with E-state index in [4.69, 9.17) is 21.1 Å². The first-order valence-electron chi connectivity index (χ1n) is 6.49. The van der Waals surface area contributed by atoms with Crippen LogP contribution in [-0.2, 0) is 10.2 Å². The van der Waals surface area contributed by atoms with Crippen molar-refractivity contribution in [3.8, 4) is 11.8 Å². The van der Waals surface area contributed by atoms with Crippen LogP contribution in [0.1, 0.15) is 19.5 Å². The second kappa shape index (κ2) is 4.76. The van der Waals surface area contributed by atoms with Gasteiger partial charge in [0.05, 0.1) is 30.7 Å². The van der Waals surface area contributed by atoms with Gasteiger partial charge in [0.1, 0.15) is 12.3 Å². The van der Waals surface area contributed by atoms with Crippen molar-refractivity contribution in [2.75, 3.05) is 31.3 Å². The summed E-state index contributed by atoms with van der Waals surface area (Å²) in [6.07, 6.45) is 0. The Bertz CT molecular complexity index is 584. The van der Waals surface area contributed by atoms with Gasteiger partial charge >= 0.3 is 0 Å². The number of morpholine rings is 1.